The van der Waals surface area contributed by atoms with E-state index in [0.717, 1.165) is 18.7 Å². The molecule has 5 heteroatoms. The van der Waals surface area contributed by atoms with E-state index in [9.17, 15) is 10.1 Å². The summed E-state index contributed by atoms with van der Waals surface area (Å²) in [6, 6.07) is 7.57. The van der Waals surface area contributed by atoms with Crippen LogP contribution in [0.2, 0.25) is 0 Å². The molecule has 0 spiro atoms. The van der Waals surface area contributed by atoms with Crippen molar-refractivity contribution in [3.05, 3.63) is 39.9 Å². The third-order valence-electron chi connectivity index (χ3n) is 4.04. The zero-order valence-electron chi connectivity index (χ0n) is 12.2. The normalized spacial score (nSPS) is 21.6. The molecule has 1 aliphatic rings. The van der Waals surface area contributed by atoms with Crippen molar-refractivity contribution in [3.63, 3.8) is 0 Å². The predicted octanol–water partition coefficient (Wildman–Crippen LogP) is 2.73. The Hall–Kier alpha value is -1.46. The summed E-state index contributed by atoms with van der Waals surface area (Å²) in [5.41, 5.74) is 1.25. The molecule has 2 rings (SSSR count). The zero-order valence-corrected chi connectivity index (χ0v) is 12.2. The fourth-order valence-corrected chi connectivity index (χ4v) is 2.81. The minimum Gasteiger partial charge on any atom is -0.306 e. The molecule has 1 N–H and O–H groups in total. The van der Waals surface area contributed by atoms with Gasteiger partial charge in [-0.25, -0.2) is 0 Å². The number of nitro benzene ring substituents is 1. The number of hydrogen-bond acceptors (Lipinski definition) is 4. The van der Waals surface area contributed by atoms with Gasteiger partial charge in [0.2, 0.25) is 0 Å². The first-order chi connectivity index (χ1) is 9.60. The van der Waals surface area contributed by atoms with Gasteiger partial charge in [-0.1, -0.05) is 19.1 Å². The topological polar surface area (TPSA) is 58.4 Å². The Morgan fingerprint density at radius 3 is 2.75 bits per heavy atom. The van der Waals surface area contributed by atoms with Crippen LogP contribution in [-0.2, 0) is 0 Å². The largest absolute Gasteiger partial charge is 0.306 e. The van der Waals surface area contributed by atoms with Crippen LogP contribution >= 0.6 is 0 Å². The first-order valence-electron chi connectivity index (χ1n) is 7.33. The molecule has 1 aromatic carbocycles. The lowest BCUT2D eigenvalue weighted by molar-refractivity contribution is -0.384. The van der Waals surface area contributed by atoms with Crippen LogP contribution in [0.4, 0.5) is 5.69 Å². The van der Waals surface area contributed by atoms with E-state index in [1.807, 2.05) is 12.1 Å². The summed E-state index contributed by atoms with van der Waals surface area (Å²) in [6.07, 6.45) is 2.44. The molecule has 1 heterocycles. The van der Waals surface area contributed by atoms with E-state index in [2.05, 4.69) is 24.1 Å². The number of rotatable bonds is 5. The van der Waals surface area contributed by atoms with Gasteiger partial charge in [-0.2, -0.15) is 0 Å². The molecule has 0 bridgehead atoms. The van der Waals surface area contributed by atoms with Gasteiger partial charge in [-0.3, -0.25) is 10.1 Å². The van der Waals surface area contributed by atoms with Gasteiger partial charge in [0, 0.05) is 30.8 Å². The van der Waals surface area contributed by atoms with Crippen molar-refractivity contribution >= 4 is 5.69 Å². The molecule has 0 aromatic heterocycles. The molecule has 0 amide bonds. The van der Waals surface area contributed by atoms with Gasteiger partial charge in [-0.15, -0.1) is 0 Å². The van der Waals surface area contributed by atoms with Crippen LogP contribution in [0.25, 0.3) is 0 Å². The van der Waals surface area contributed by atoms with Gasteiger partial charge in [0.15, 0.2) is 0 Å². The average Bonchev–Trinajstić information content (AvgIpc) is 2.47. The highest BCUT2D eigenvalue weighted by Gasteiger charge is 2.20. The second-order valence-electron chi connectivity index (χ2n) is 5.47. The van der Waals surface area contributed by atoms with Crippen molar-refractivity contribution in [1.29, 1.82) is 0 Å². The lowest BCUT2D eigenvalue weighted by atomic mass is 10.0. The van der Waals surface area contributed by atoms with Crippen LogP contribution < -0.4 is 5.32 Å². The maximum absolute atomic E-state index is 10.7. The van der Waals surface area contributed by atoms with E-state index >= 15 is 0 Å². The highest BCUT2D eigenvalue weighted by molar-refractivity contribution is 5.34. The Morgan fingerprint density at radius 2 is 2.15 bits per heavy atom. The number of nitrogens with zero attached hydrogens (tertiary/aromatic N) is 2. The summed E-state index contributed by atoms with van der Waals surface area (Å²) in [5.74, 6) is 0. The first kappa shape index (κ1) is 14.9. The lowest BCUT2D eigenvalue weighted by Crippen LogP contribution is -2.46. The third-order valence-corrected chi connectivity index (χ3v) is 4.04. The Labute approximate surface area is 120 Å². The highest BCUT2D eigenvalue weighted by Crippen LogP contribution is 2.19. The van der Waals surface area contributed by atoms with Crippen LogP contribution in [0.3, 0.4) is 0 Å². The molecule has 1 aliphatic heterocycles. The van der Waals surface area contributed by atoms with Crippen LogP contribution in [0.1, 0.15) is 38.3 Å². The molecule has 2 unspecified atom stereocenters. The monoisotopic (exact) mass is 277 g/mol. The SMILES string of the molecule is CCN1CCCC(NC(C)c2ccc([N+](=O)[O-])cc2)C1. The van der Waals surface area contributed by atoms with Gasteiger partial charge in [0.05, 0.1) is 4.92 Å². The van der Waals surface area contributed by atoms with E-state index in [1.165, 1.54) is 19.4 Å². The number of nitrogens with one attached hydrogen (secondary N) is 1. The summed E-state index contributed by atoms with van der Waals surface area (Å²) in [6.45, 7) is 7.70. The molecule has 5 nitrogen and oxygen atoms in total. The van der Waals surface area contributed by atoms with Gasteiger partial charge in [0.25, 0.3) is 5.69 Å². The summed E-state index contributed by atoms with van der Waals surface area (Å²) in [5, 5.41) is 14.3. The summed E-state index contributed by atoms with van der Waals surface area (Å²) < 4.78 is 0. The molecule has 1 fully saturated rings. The number of likely N-dealkylation sites (N-methyl/N-ethyl adjacent to an activating group) is 1. The third kappa shape index (κ3) is 3.77. The maximum atomic E-state index is 10.7. The second kappa shape index (κ2) is 6.81. The van der Waals surface area contributed by atoms with E-state index in [0.29, 0.717) is 6.04 Å². The molecule has 0 saturated carbocycles. The number of likely N-dealkylation sites (tertiary alicyclic amines) is 1. The Bertz CT molecular complexity index is 447. The van der Waals surface area contributed by atoms with Crippen molar-refractivity contribution < 1.29 is 4.92 Å². The van der Waals surface area contributed by atoms with Crippen molar-refractivity contribution in [1.82, 2.24) is 10.2 Å². The van der Waals surface area contributed by atoms with Gasteiger partial charge < -0.3 is 10.2 Å². The maximum Gasteiger partial charge on any atom is 0.269 e. The van der Waals surface area contributed by atoms with Gasteiger partial charge in [0.1, 0.15) is 0 Å². The average molecular weight is 277 g/mol. The zero-order chi connectivity index (χ0) is 14.5. The van der Waals surface area contributed by atoms with Crippen molar-refractivity contribution in [2.75, 3.05) is 19.6 Å². The van der Waals surface area contributed by atoms with E-state index in [4.69, 9.17) is 0 Å². The smallest absolute Gasteiger partial charge is 0.269 e. The summed E-state index contributed by atoms with van der Waals surface area (Å²) in [4.78, 5) is 12.8. The molecule has 2 atom stereocenters. The van der Waals surface area contributed by atoms with Crippen LogP contribution in [-0.4, -0.2) is 35.5 Å². The van der Waals surface area contributed by atoms with Crippen molar-refractivity contribution in [2.45, 2.75) is 38.8 Å². The Balaban J connectivity index is 1.93. The van der Waals surface area contributed by atoms with E-state index in [1.54, 1.807) is 12.1 Å². The molecular weight excluding hydrogens is 254 g/mol. The fourth-order valence-electron chi connectivity index (χ4n) is 2.81. The quantitative estimate of drug-likeness (QED) is 0.664. The standard InChI is InChI=1S/C15H23N3O2/c1-3-17-10-4-5-14(11-17)16-12(2)13-6-8-15(9-7-13)18(19)20/h6-9,12,14,16H,3-5,10-11H2,1-2H3. The number of hydrogen-bond donors (Lipinski definition) is 1. The molecule has 0 aliphatic carbocycles. The molecular formula is C15H23N3O2. The lowest BCUT2D eigenvalue weighted by Gasteiger charge is -2.34. The highest BCUT2D eigenvalue weighted by atomic mass is 16.6. The van der Waals surface area contributed by atoms with Gasteiger partial charge in [-0.05, 0) is 38.4 Å². The number of benzene rings is 1. The van der Waals surface area contributed by atoms with Crippen LogP contribution in [0, 0.1) is 10.1 Å². The number of non-ortho nitro benzene ring substituents is 1. The predicted molar refractivity (Wildman–Crippen MR) is 79.8 cm³/mol. The number of piperidine rings is 1. The molecule has 0 radical (unpaired) electrons. The minimum atomic E-state index is -0.359. The van der Waals surface area contributed by atoms with Crippen LogP contribution in [0.5, 0.6) is 0 Å². The Morgan fingerprint density at radius 1 is 1.45 bits per heavy atom. The fraction of sp³-hybridized carbons (Fsp3) is 0.600. The molecule has 110 valence electrons. The molecule has 1 saturated heterocycles. The minimum absolute atomic E-state index is 0.149. The molecule has 20 heavy (non-hydrogen) atoms. The van der Waals surface area contributed by atoms with Crippen molar-refractivity contribution in [3.8, 4) is 0 Å². The summed E-state index contributed by atoms with van der Waals surface area (Å²) >= 11 is 0. The Kier molecular flexibility index (Phi) is 5.09. The van der Waals surface area contributed by atoms with E-state index < -0.39 is 0 Å². The summed E-state index contributed by atoms with van der Waals surface area (Å²) in [7, 11) is 0. The molecule has 1 aromatic rings. The van der Waals surface area contributed by atoms with Crippen molar-refractivity contribution in [2.24, 2.45) is 0 Å². The van der Waals surface area contributed by atoms with Crippen LogP contribution in [0.15, 0.2) is 24.3 Å². The first-order valence-corrected chi connectivity index (χ1v) is 7.33. The number of nitro groups is 1. The van der Waals surface area contributed by atoms with Gasteiger partial charge >= 0.3 is 0 Å². The van der Waals surface area contributed by atoms with E-state index in [-0.39, 0.29) is 16.7 Å². The second-order valence-corrected chi connectivity index (χ2v) is 5.47.